The summed E-state index contributed by atoms with van der Waals surface area (Å²) in [5, 5.41) is 10.5. The van der Waals surface area contributed by atoms with Crippen molar-refractivity contribution in [1.82, 2.24) is 9.13 Å². The first kappa shape index (κ1) is 21.6. The molecule has 3 aromatic rings. The van der Waals surface area contributed by atoms with Gasteiger partial charge in [0.05, 0.1) is 29.7 Å². The summed E-state index contributed by atoms with van der Waals surface area (Å²) < 4.78 is 13.9. The predicted octanol–water partition coefficient (Wildman–Crippen LogP) is 3.06. The van der Waals surface area contributed by atoms with Crippen molar-refractivity contribution in [3.05, 3.63) is 63.6 Å². The van der Waals surface area contributed by atoms with Crippen LogP contribution in [-0.4, -0.2) is 39.5 Å². The molecule has 0 aliphatic heterocycles. The minimum atomic E-state index is -0.898. The minimum Gasteiger partial charge on any atom is -0.491 e. The lowest BCUT2D eigenvalue weighted by atomic mass is 10.1. The molecule has 0 fully saturated rings. The highest BCUT2D eigenvalue weighted by Crippen LogP contribution is 2.19. The maximum Gasteiger partial charge on any atom is 0.338 e. The van der Waals surface area contributed by atoms with Gasteiger partial charge in [0.15, 0.2) is 0 Å². The Kier molecular flexibility index (Phi) is 6.62. The molecule has 1 aromatic heterocycles. The van der Waals surface area contributed by atoms with Gasteiger partial charge in [0, 0.05) is 6.54 Å². The van der Waals surface area contributed by atoms with Crippen LogP contribution in [0.2, 0.25) is 0 Å². The molecule has 3 rings (SSSR count). The van der Waals surface area contributed by atoms with Crippen LogP contribution >= 0.6 is 0 Å². The van der Waals surface area contributed by atoms with Gasteiger partial charge < -0.3 is 14.6 Å². The zero-order valence-electron chi connectivity index (χ0n) is 17.8. The van der Waals surface area contributed by atoms with Gasteiger partial charge in [-0.25, -0.2) is 9.59 Å². The highest BCUT2D eigenvalue weighted by molar-refractivity contribution is 5.93. The molecule has 1 heterocycles. The number of hydrogen-bond donors (Lipinski definition) is 1. The monoisotopic (exact) mass is 412 g/mol. The molecule has 0 bridgehead atoms. The van der Waals surface area contributed by atoms with Crippen LogP contribution in [0.1, 0.15) is 35.3 Å². The second-order valence-electron chi connectivity index (χ2n) is 7.35. The minimum absolute atomic E-state index is 0.0473. The molecular weight excluding hydrogens is 384 g/mol. The number of benzene rings is 2. The number of rotatable bonds is 8. The summed E-state index contributed by atoms with van der Waals surface area (Å²) in [5.41, 5.74) is 3.57. The summed E-state index contributed by atoms with van der Waals surface area (Å²) in [6, 6.07) is 10.9. The van der Waals surface area contributed by atoms with E-state index in [1.54, 1.807) is 29.7 Å². The van der Waals surface area contributed by atoms with Gasteiger partial charge in [0.1, 0.15) is 18.5 Å². The van der Waals surface area contributed by atoms with Crippen molar-refractivity contribution in [2.45, 2.75) is 46.9 Å². The molecule has 0 aliphatic rings. The largest absolute Gasteiger partial charge is 0.491 e. The Bertz CT molecular complexity index is 1090. The fourth-order valence-corrected chi connectivity index (χ4v) is 3.62. The number of aliphatic hydroxyl groups excluding tert-OH is 1. The number of hydrogen-bond acceptors (Lipinski definition) is 5. The molecule has 0 radical (unpaired) electrons. The Hall–Kier alpha value is -3.06. The summed E-state index contributed by atoms with van der Waals surface area (Å²) >= 11 is 0. The molecule has 2 aromatic carbocycles. The summed E-state index contributed by atoms with van der Waals surface area (Å²) in [4.78, 5) is 25.0. The molecule has 1 atom stereocenters. The van der Waals surface area contributed by atoms with Gasteiger partial charge in [-0.1, -0.05) is 6.07 Å². The van der Waals surface area contributed by atoms with Gasteiger partial charge >= 0.3 is 11.7 Å². The molecule has 0 aliphatic carbocycles. The third kappa shape index (κ3) is 4.57. The molecule has 7 nitrogen and oxygen atoms in total. The Morgan fingerprint density at radius 1 is 1.03 bits per heavy atom. The highest BCUT2D eigenvalue weighted by Gasteiger charge is 2.18. The average Bonchev–Trinajstić information content (AvgIpc) is 2.96. The van der Waals surface area contributed by atoms with Crippen LogP contribution in [0.3, 0.4) is 0 Å². The van der Waals surface area contributed by atoms with Crippen molar-refractivity contribution in [2.75, 3.05) is 13.2 Å². The van der Waals surface area contributed by atoms with Gasteiger partial charge in [-0.2, -0.15) is 0 Å². The maximum atomic E-state index is 12.9. The van der Waals surface area contributed by atoms with E-state index in [0.717, 1.165) is 11.1 Å². The number of imidazole rings is 1. The number of aromatic nitrogens is 2. The first-order chi connectivity index (χ1) is 14.3. The summed E-state index contributed by atoms with van der Waals surface area (Å²) in [7, 11) is 0. The van der Waals surface area contributed by atoms with Crippen LogP contribution in [-0.2, 0) is 17.8 Å². The lowest BCUT2D eigenvalue weighted by Crippen LogP contribution is -2.31. The number of nitrogens with zero attached hydrogens (tertiary/aromatic N) is 2. The van der Waals surface area contributed by atoms with Gasteiger partial charge in [-0.05, 0) is 69.2 Å². The Morgan fingerprint density at radius 2 is 1.73 bits per heavy atom. The van der Waals surface area contributed by atoms with E-state index < -0.39 is 12.1 Å². The Labute approximate surface area is 175 Å². The molecule has 0 spiro atoms. The Balaban J connectivity index is 1.86. The fraction of sp³-hybridized carbons (Fsp3) is 0.391. The first-order valence-corrected chi connectivity index (χ1v) is 10.1. The van der Waals surface area contributed by atoms with Crippen LogP contribution < -0.4 is 10.4 Å². The molecule has 0 saturated carbocycles. The summed E-state index contributed by atoms with van der Waals surface area (Å²) in [6.45, 7) is 8.44. The van der Waals surface area contributed by atoms with Crippen molar-refractivity contribution < 1.29 is 19.4 Å². The second-order valence-corrected chi connectivity index (χ2v) is 7.35. The first-order valence-electron chi connectivity index (χ1n) is 10.1. The second kappa shape index (κ2) is 9.17. The zero-order chi connectivity index (χ0) is 21.8. The fourth-order valence-electron chi connectivity index (χ4n) is 3.62. The van der Waals surface area contributed by atoms with Crippen LogP contribution in [0, 0.1) is 13.8 Å². The number of aliphatic hydroxyl groups is 1. The number of carbonyl (C=O) groups is 1. The average molecular weight is 412 g/mol. The standard InChI is InChI=1S/C23H28N2O5/c1-5-24-20-8-7-17(22(27)29-6-2)12-21(20)25(23(24)28)13-18(26)14-30-19-10-15(3)9-16(4)11-19/h7-12,18,26H,5-6,13-14H2,1-4H3. The maximum absolute atomic E-state index is 12.9. The van der Waals surface area contributed by atoms with E-state index in [4.69, 9.17) is 9.47 Å². The van der Waals surface area contributed by atoms with Gasteiger partial charge in [0.25, 0.3) is 0 Å². The molecule has 160 valence electrons. The van der Waals surface area contributed by atoms with E-state index >= 15 is 0 Å². The number of fused-ring (bicyclic) bond motifs is 1. The zero-order valence-corrected chi connectivity index (χ0v) is 17.8. The van der Waals surface area contributed by atoms with Crippen LogP contribution in [0.25, 0.3) is 11.0 Å². The lowest BCUT2D eigenvalue weighted by Gasteiger charge is -2.14. The normalized spacial score (nSPS) is 12.2. The number of esters is 1. The van der Waals surface area contributed by atoms with Crippen molar-refractivity contribution in [1.29, 1.82) is 0 Å². The topological polar surface area (TPSA) is 82.7 Å². The van der Waals surface area contributed by atoms with Crippen molar-refractivity contribution in [3.8, 4) is 5.75 Å². The van der Waals surface area contributed by atoms with Crippen molar-refractivity contribution in [2.24, 2.45) is 0 Å². The SMILES string of the molecule is CCOC(=O)c1ccc2c(c1)n(CC(O)COc1cc(C)cc(C)c1)c(=O)n2CC. The molecule has 30 heavy (non-hydrogen) atoms. The molecule has 1 unspecified atom stereocenters. The Morgan fingerprint density at radius 3 is 2.37 bits per heavy atom. The predicted molar refractivity (Wildman–Crippen MR) is 115 cm³/mol. The molecule has 1 N–H and O–H groups in total. The van der Waals surface area contributed by atoms with Gasteiger partial charge in [0.2, 0.25) is 0 Å². The smallest absolute Gasteiger partial charge is 0.338 e. The number of ether oxygens (including phenoxy) is 2. The third-order valence-electron chi connectivity index (χ3n) is 4.88. The van der Waals surface area contributed by atoms with Crippen LogP contribution in [0.5, 0.6) is 5.75 Å². The molecule has 0 amide bonds. The van der Waals surface area contributed by atoms with Crippen LogP contribution in [0.4, 0.5) is 0 Å². The number of carbonyl (C=O) groups excluding carboxylic acids is 1. The van der Waals surface area contributed by atoms with E-state index in [-0.39, 0.29) is 25.4 Å². The molecule has 7 heteroatoms. The molecule has 0 saturated heterocycles. The quantitative estimate of drug-likeness (QED) is 0.575. The van der Waals surface area contributed by atoms with Crippen molar-refractivity contribution in [3.63, 3.8) is 0 Å². The summed E-state index contributed by atoms with van der Waals surface area (Å²) in [6.07, 6.45) is -0.898. The van der Waals surface area contributed by atoms with Gasteiger partial charge in [-0.3, -0.25) is 9.13 Å². The van der Waals surface area contributed by atoms with E-state index in [1.165, 1.54) is 4.57 Å². The van der Waals surface area contributed by atoms with E-state index in [0.29, 0.717) is 28.9 Å². The van der Waals surface area contributed by atoms with Crippen molar-refractivity contribution >= 4 is 17.0 Å². The van der Waals surface area contributed by atoms with E-state index in [1.807, 2.05) is 39.0 Å². The summed E-state index contributed by atoms with van der Waals surface area (Å²) in [5.74, 6) is 0.237. The third-order valence-corrected chi connectivity index (χ3v) is 4.88. The highest BCUT2D eigenvalue weighted by atomic mass is 16.5. The van der Waals surface area contributed by atoms with Gasteiger partial charge in [-0.15, -0.1) is 0 Å². The number of aryl methyl sites for hydroxylation is 3. The molecular formula is C23H28N2O5. The van der Waals surface area contributed by atoms with E-state index in [9.17, 15) is 14.7 Å². The van der Waals surface area contributed by atoms with Crippen LogP contribution in [0.15, 0.2) is 41.2 Å². The van der Waals surface area contributed by atoms with E-state index in [2.05, 4.69) is 0 Å². The lowest BCUT2D eigenvalue weighted by molar-refractivity contribution is 0.0526.